The predicted molar refractivity (Wildman–Crippen MR) is 26.9 cm³/mol. The second-order valence-corrected chi connectivity index (χ2v) is 1.18. The van der Waals surface area contributed by atoms with Crippen molar-refractivity contribution in [2.75, 3.05) is 0 Å². The molecule has 6 heteroatoms. The second kappa shape index (κ2) is 2.65. The SMILES string of the molecule is NC(=O)NC(=O)C(N)=O. The van der Waals surface area contributed by atoms with Gasteiger partial charge in [0.15, 0.2) is 0 Å². The highest BCUT2D eigenvalue weighted by atomic mass is 16.2. The van der Waals surface area contributed by atoms with Crippen LogP contribution in [0.2, 0.25) is 0 Å². The van der Waals surface area contributed by atoms with Crippen molar-refractivity contribution in [3.05, 3.63) is 0 Å². The molecule has 0 saturated carbocycles. The van der Waals surface area contributed by atoms with Gasteiger partial charge in [0.05, 0.1) is 0 Å². The molecule has 0 aromatic rings. The zero-order chi connectivity index (χ0) is 7.44. The van der Waals surface area contributed by atoms with Crippen LogP contribution in [0.3, 0.4) is 0 Å². The van der Waals surface area contributed by atoms with Gasteiger partial charge in [0.2, 0.25) is 0 Å². The van der Waals surface area contributed by atoms with Crippen molar-refractivity contribution >= 4 is 17.8 Å². The van der Waals surface area contributed by atoms with E-state index in [1.54, 1.807) is 0 Å². The third-order valence-electron chi connectivity index (χ3n) is 0.461. The van der Waals surface area contributed by atoms with Gasteiger partial charge in [-0.3, -0.25) is 14.9 Å². The van der Waals surface area contributed by atoms with Crippen LogP contribution in [-0.4, -0.2) is 17.8 Å². The van der Waals surface area contributed by atoms with Crippen LogP contribution >= 0.6 is 0 Å². The number of rotatable bonds is 0. The predicted octanol–water partition coefficient (Wildman–Crippen LogP) is -2.33. The molecule has 0 rings (SSSR count). The summed E-state index contributed by atoms with van der Waals surface area (Å²) in [6.07, 6.45) is 0. The highest BCUT2D eigenvalue weighted by Gasteiger charge is 2.08. The van der Waals surface area contributed by atoms with Gasteiger partial charge in [-0.15, -0.1) is 0 Å². The summed E-state index contributed by atoms with van der Waals surface area (Å²) >= 11 is 0. The van der Waals surface area contributed by atoms with E-state index in [0.29, 0.717) is 0 Å². The van der Waals surface area contributed by atoms with E-state index in [2.05, 4.69) is 11.5 Å². The van der Waals surface area contributed by atoms with Crippen LogP contribution in [0.1, 0.15) is 0 Å². The van der Waals surface area contributed by atoms with Gasteiger partial charge >= 0.3 is 17.8 Å². The fraction of sp³-hybridized carbons (Fsp3) is 0. The van der Waals surface area contributed by atoms with Crippen LogP contribution in [0, 0.1) is 0 Å². The van der Waals surface area contributed by atoms with E-state index < -0.39 is 17.8 Å². The number of amides is 4. The highest BCUT2D eigenvalue weighted by Crippen LogP contribution is 1.60. The summed E-state index contributed by atoms with van der Waals surface area (Å²) < 4.78 is 0. The molecule has 0 heterocycles. The number of hydrogen-bond acceptors (Lipinski definition) is 3. The number of carbonyl (C=O) groups is 3. The first-order valence-electron chi connectivity index (χ1n) is 1.94. The molecule has 50 valence electrons. The summed E-state index contributed by atoms with van der Waals surface area (Å²) in [7, 11) is 0. The summed E-state index contributed by atoms with van der Waals surface area (Å²) in [5.41, 5.74) is 8.88. The topological polar surface area (TPSA) is 115 Å². The molecule has 6 nitrogen and oxygen atoms in total. The van der Waals surface area contributed by atoms with Gasteiger partial charge in [-0.05, 0) is 0 Å². The fourth-order valence-corrected chi connectivity index (χ4v) is 0.173. The van der Waals surface area contributed by atoms with Crippen molar-refractivity contribution in [2.24, 2.45) is 11.5 Å². The molecule has 0 bridgehead atoms. The van der Waals surface area contributed by atoms with Gasteiger partial charge in [0.1, 0.15) is 0 Å². The molecule has 0 saturated heterocycles. The molecule has 0 aliphatic carbocycles. The van der Waals surface area contributed by atoms with Gasteiger partial charge in [-0.2, -0.15) is 0 Å². The molecule has 0 aliphatic rings. The highest BCUT2D eigenvalue weighted by molar-refractivity contribution is 6.37. The Morgan fingerprint density at radius 2 is 1.56 bits per heavy atom. The molecule has 5 N–H and O–H groups in total. The maximum absolute atomic E-state index is 10.1. The second-order valence-electron chi connectivity index (χ2n) is 1.18. The third kappa shape index (κ3) is 3.03. The van der Waals surface area contributed by atoms with Crippen molar-refractivity contribution in [3.8, 4) is 0 Å². The Morgan fingerprint density at radius 3 is 1.67 bits per heavy atom. The van der Waals surface area contributed by atoms with Crippen LogP contribution in [0.25, 0.3) is 0 Å². The van der Waals surface area contributed by atoms with E-state index in [-0.39, 0.29) is 0 Å². The van der Waals surface area contributed by atoms with Crippen molar-refractivity contribution in [1.82, 2.24) is 5.32 Å². The van der Waals surface area contributed by atoms with Crippen molar-refractivity contribution in [1.29, 1.82) is 0 Å². The Morgan fingerprint density at radius 1 is 1.11 bits per heavy atom. The average Bonchev–Trinajstić information content (AvgIpc) is 1.63. The molecule has 0 fully saturated rings. The lowest BCUT2D eigenvalue weighted by Crippen LogP contribution is -2.42. The van der Waals surface area contributed by atoms with Crippen LogP contribution in [0.5, 0.6) is 0 Å². The number of urea groups is 1. The lowest BCUT2D eigenvalue weighted by Gasteiger charge is -1.91. The minimum absolute atomic E-state index is 1.10. The van der Waals surface area contributed by atoms with Gasteiger partial charge in [0.25, 0.3) is 0 Å². The Kier molecular flexibility index (Phi) is 2.18. The quantitative estimate of drug-likeness (QED) is 0.320. The van der Waals surface area contributed by atoms with Gasteiger partial charge in [-0.1, -0.05) is 0 Å². The average molecular weight is 131 g/mol. The van der Waals surface area contributed by atoms with Gasteiger partial charge < -0.3 is 11.5 Å². The number of primary amides is 2. The molecule has 9 heavy (non-hydrogen) atoms. The third-order valence-corrected chi connectivity index (χ3v) is 0.461. The summed E-state index contributed by atoms with van der Waals surface area (Å²) in [4.78, 5) is 29.7. The first-order chi connectivity index (χ1) is 4.04. The number of nitrogens with two attached hydrogens (primary N) is 2. The van der Waals surface area contributed by atoms with Crippen LogP contribution < -0.4 is 16.8 Å². The summed E-state index contributed by atoms with van der Waals surface area (Å²) in [6.45, 7) is 0. The molecule has 0 aromatic carbocycles. The smallest absolute Gasteiger partial charge is 0.319 e. The lowest BCUT2D eigenvalue weighted by atomic mass is 10.6. The number of hydrogen-bond donors (Lipinski definition) is 3. The zero-order valence-electron chi connectivity index (χ0n) is 4.38. The Hall–Kier alpha value is -1.59. The standard InChI is InChI=1S/C3H5N3O3/c4-1(7)2(8)6-3(5)9/h(H2,4,7)(H3,5,6,8,9). The number of nitrogens with one attached hydrogen (secondary N) is 1. The van der Waals surface area contributed by atoms with Gasteiger partial charge in [-0.25, -0.2) is 4.79 Å². The van der Waals surface area contributed by atoms with Crippen LogP contribution in [0.15, 0.2) is 0 Å². The number of carbonyl (C=O) groups excluding carboxylic acids is 3. The minimum Gasteiger partial charge on any atom is -0.361 e. The first-order valence-corrected chi connectivity index (χ1v) is 1.94. The molecule has 4 amide bonds. The Labute approximate surface area is 50.2 Å². The van der Waals surface area contributed by atoms with Crippen molar-refractivity contribution in [2.45, 2.75) is 0 Å². The van der Waals surface area contributed by atoms with E-state index in [0.717, 1.165) is 0 Å². The van der Waals surface area contributed by atoms with E-state index in [9.17, 15) is 14.4 Å². The number of imide groups is 1. The maximum atomic E-state index is 10.1. The van der Waals surface area contributed by atoms with E-state index in [4.69, 9.17) is 0 Å². The van der Waals surface area contributed by atoms with E-state index >= 15 is 0 Å². The molecular weight excluding hydrogens is 126 g/mol. The van der Waals surface area contributed by atoms with Crippen LogP contribution in [0.4, 0.5) is 4.79 Å². The zero-order valence-corrected chi connectivity index (χ0v) is 4.38. The molecular formula is C3H5N3O3. The Balaban J connectivity index is 3.79. The summed E-state index contributed by atoms with van der Waals surface area (Å²) in [6, 6.07) is -1.10. The molecule has 0 radical (unpaired) electrons. The van der Waals surface area contributed by atoms with Gasteiger partial charge in [0, 0.05) is 0 Å². The molecule has 0 aromatic heterocycles. The molecule has 0 atom stereocenters. The minimum atomic E-state index is -1.24. The summed E-state index contributed by atoms with van der Waals surface area (Å²) in [5, 5.41) is 1.47. The van der Waals surface area contributed by atoms with Crippen LogP contribution in [-0.2, 0) is 9.59 Å². The monoisotopic (exact) mass is 131 g/mol. The van der Waals surface area contributed by atoms with Crippen molar-refractivity contribution in [3.63, 3.8) is 0 Å². The maximum Gasteiger partial charge on any atom is 0.319 e. The lowest BCUT2D eigenvalue weighted by molar-refractivity contribution is -0.136. The molecule has 0 aliphatic heterocycles. The normalized spacial score (nSPS) is 8.00. The first kappa shape index (κ1) is 7.41. The van der Waals surface area contributed by atoms with E-state index in [1.807, 2.05) is 0 Å². The Bertz CT molecular complexity index is 164. The van der Waals surface area contributed by atoms with E-state index in [1.165, 1.54) is 5.32 Å². The largest absolute Gasteiger partial charge is 0.361 e. The van der Waals surface area contributed by atoms with Crippen molar-refractivity contribution < 1.29 is 14.4 Å². The fourth-order valence-electron chi connectivity index (χ4n) is 0.173. The summed E-state index contributed by atoms with van der Waals surface area (Å²) in [5.74, 6) is -2.45. The molecule has 0 spiro atoms. The molecule has 0 unspecified atom stereocenters.